The highest BCUT2D eigenvalue weighted by atomic mass is 16.6. The first-order valence-electron chi connectivity index (χ1n) is 9.08. The van der Waals surface area contributed by atoms with Gasteiger partial charge in [0.15, 0.2) is 12.2 Å². The number of allylic oxidation sites excluding steroid dienone is 1. The molecule has 4 atom stereocenters. The third-order valence-electron chi connectivity index (χ3n) is 4.71. The normalized spacial score (nSPS) is 30.6. The quantitative estimate of drug-likeness (QED) is 0.240. The number of esters is 3. The SMILES string of the molecule is C=C(C)C(=O)O[C@@H]1C(OC(C)=O)/C(C=O)=C\CC/C(CO)=C/[C@H]2OC(=O)C(=C)[C@H]12. The molecule has 1 heterocycles. The van der Waals surface area contributed by atoms with Crippen molar-refractivity contribution in [2.45, 2.75) is 45.0 Å². The van der Waals surface area contributed by atoms with Crippen LogP contribution in [0.3, 0.4) is 0 Å². The second-order valence-corrected chi connectivity index (χ2v) is 6.94. The van der Waals surface area contributed by atoms with Gasteiger partial charge in [0.05, 0.1) is 12.5 Å². The third-order valence-corrected chi connectivity index (χ3v) is 4.71. The number of aliphatic hydroxyl groups is 1. The monoisotopic (exact) mass is 404 g/mol. The molecule has 0 spiro atoms. The minimum atomic E-state index is -1.27. The van der Waals surface area contributed by atoms with Gasteiger partial charge in [0.2, 0.25) is 0 Å². The van der Waals surface area contributed by atoms with E-state index in [1.807, 2.05) is 0 Å². The zero-order chi connectivity index (χ0) is 21.7. The molecule has 156 valence electrons. The van der Waals surface area contributed by atoms with Crippen LogP contribution in [0.5, 0.6) is 0 Å². The first-order chi connectivity index (χ1) is 13.7. The number of aldehydes is 1. The fourth-order valence-electron chi connectivity index (χ4n) is 3.28. The molecule has 0 aromatic heterocycles. The van der Waals surface area contributed by atoms with Crippen molar-refractivity contribution in [1.82, 2.24) is 0 Å². The second kappa shape index (κ2) is 9.47. The number of carbonyl (C=O) groups excluding carboxylic acids is 4. The van der Waals surface area contributed by atoms with E-state index in [0.29, 0.717) is 24.7 Å². The maximum absolute atomic E-state index is 12.3. The van der Waals surface area contributed by atoms with E-state index in [9.17, 15) is 24.3 Å². The lowest BCUT2D eigenvalue weighted by Gasteiger charge is -2.33. The topological polar surface area (TPSA) is 116 Å². The molecule has 0 bridgehead atoms. The van der Waals surface area contributed by atoms with Crippen molar-refractivity contribution >= 4 is 24.2 Å². The first-order valence-corrected chi connectivity index (χ1v) is 9.08. The van der Waals surface area contributed by atoms with Crippen LogP contribution in [-0.4, -0.2) is 54.2 Å². The largest absolute Gasteiger partial charge is 0.454 e. The maximum atomic E-state index is 12.3. The maximum Gasteiger partial charge on any atom is 0.334 e. The average molecular weight is 404 g/mol. The van der Waals surface area contributed by atoms with Gasteiger partial charge >= 0.3 is 17.9 Å². The van der Waals surface area contributed by atoms with Gasteiger partial charge in [-0.25, -0.2) is 9.59 Å². The van der Waals surface area contributed by atoms with Gasteiger partial charge in [0.1, 0.15) is 12.4 Å². The standard InChI is InChI=1S/C21H24O8/c1-11(2)20(25)29-19-17-12(3)21(26)28-16(17)8-14(9-22)6-5-7-15(10-23)18(19)27-13(4)24/h7-8,10,16-19,22H,1,3,5-6,9H2,2,4H3/b14-8-,15-7-/t16-,17+,18?,19+/m1/s1. The fourth-order valence-corrected chi connectivity index (χ4v) is 3.28. The molecular formula is C21H24O8. The number of ether oxygens (including phenoxy) is 3. The van der Waals surface area contributed by atoms with Crippen LogP contribution < -0.4 is 0 Å². The summed E-state index contributed by atoms with van der Waals surface area (Å²) in [5, 5.41) is 9.61. The van der Waals surface area contributed by atoms with Crippen molar-refractivity contribution in [2.24, 2.45) is 5.92 Å². The van der Waals surface area contributed by atoms with Gasteiger partial charge in [-0.05, 0) is 31.4 Å². The molecule has 2 rings (SSSR count). The number of aliphatic hydroxyl groups excluding tert-OH is 1. The lowest BCUT2D eigenvalue weighted by atomic mass is 9.83. The zero-order valence-electron chi connectivity index (χ0n) is 16.4. The van der Waals surface area contributed by atoms with Gasteiger partial charge in [-0.15, -0.1) is 0 Å². The van der Waals surface area contributed by atoms with Crippen LogP contribution in [0.1, 0.15) is 26.7 Å². The van der Waals surface area contributed by atoms with Crippen LogP contribution in [0, 0.1) is 5.92 Å². The van der Waals surface area contributed by atoms with E-state index < -0.39 is 42.1 Å². The predicted octanol–water partition coefficient (Wildman–Crippen LogP) is 1.34. The van der Waals surface area contributed by atoms with Crippen LogP contribution >= 0.6 is 0 Å². The van der Waals surface area contributed by atoms with E-state index in [1.165, 1.54) is 6.92 Å². The highest BCUT2D eigenvalue weighted by Crippen LogP contribution is 2.37. The molecule has 1 unspecified atom stereocenters. The van der Waals surface area contributed by atoms with Crippen LogP contribution in [0.2, 0.25) is 0 Å². The molecule has 1 aliphatic carbocycles. The summed E-state index contributed by atoms with van der Waals surface area (Å²) in [5.74, 6) is -3.12. The van der Waals surface area contributed by atoms with Crippen molar-refractivity contribution < 1.29 is 38.5 Å². The lowest BCUT2D eigenvalue weighted by Crippen LogP contribution is -2.45. The molecule has 29 heavy (non-hydrogen) atoms. The number of rotatable bonds is 5. The minimum absolute atomic E-state index is 0.00558. The molecule has 1 aliphatic heterocycles. The molecule has 0 aromatic carbocycles. The summed E-state index contributed by atoms with van der Waals surface area (Å²) in [5.41, 5.74) is 0.745. The zero-order valence-corrected chi connectivity index (χ0v) is 16.4. The van der Waals surface area contributed by atoms with E-state index in [0.717, 1.165) is 6.92 Å². The smallest absolute Gasteiger partial charge is 0.334 e. The van der Waals surface area contributed by atoms with E-state index in [1.54, 1.807) is 12.2 Å². The second-order valence-electron chi connectivity index (χ2n) is 6.94. The molecule has 0 amide bonds. The molecule has 1 fully saturated rings. The van der Waals surface area contributed by atoms with Crippen LogP contribution in [0.4, 0.5) is 0 Å². The Balaban J connectivity index is 2.65. The van der Waals surface area contributed by atoms with Crippen molar-refractivity contribution in [3.8, 4) is 0 Å². The Morgan fingerprint density at radius 1 is 1.34 bits per heavy atom. The average Bonchev–Trinajstić information content (AvgIpc) is 2.93. The fraction of sp³-hybridized carbons (Fsp3) is 0.429. The summed E-state index contributed by atoms with van der Waals surface area (Å²) in [7, 11) is 0. The first kappa shape index (κ1) is 22.3. The molecular weight excluding hydrogens is 380 g/mol. The summed E-state index contributed by atoms with van der Waals surface area (Å²) in [4.78, 5) is 48.0. The van der Waals surface area contributed by atoms with Gasteiger partial charge in [-0.1, -0.05) is 19.2 Å². The number of hydrogen-bond donors (Lipinski definition) is 1. The molecule has 1 N–H and O–H groups in total. The van der Waals surface area contributed by atoms with E-state index in [-0.39, 0.29) is 23.3 Å². The van der Waals surface area contributed by atoms with Crippen LogP contribution in [-0.2, 0) is 33.4 Å². The van der Waals surface area contributed by atoms with Gasteiger partial charge in [0.25, 0.3) is 0 Å². The van der Waals surface area contributed by atoms with Crippen molar-refractivity contribution in [3.05, 3.63) is 47.6 Å². The van der Waals surface area contributed by atoms with Crippen LogP contribution in [0.25, 0.3) is 0 Å². The van der Waals surface area contributed by atoms with Gasteiger partial charge in [-0.2, -0.15) is 0 Å². The summed E-state index contributed by atoms with van der Waals surface area (Å²) < 4.78 is 16.2. The molecule has 0 saturated carbocycles. The Morgan fingerprint density at radius 2 is 2.03 bits per heavy atom. The predicted molar refractivity (Wildman–Crippen MR) is 101 cm³/mol. The lowest BCUT2D eigenvalue weighted by molar-refractivity contribution is -0.166. The Hall–Kier alpha value is -3.00. The minimum Gasteiger partial charge on any atom is -0.454 e. The Morgan fingerprint density at radius 3 is 2.59 bits per heavy atom. The van der Waals surface area contributed by atoms with E-state index >= 15 is 0 Å². The van der Waals surface area contributed by atoms with E-state index in [2.05, 4.69) is 13.2 Å². The summed E-state index contributed by atoms with van der Waals surface area (Å²) >= 11 is 0. The third kappa shape index (κ3) is 5.08. The number of carbonyl (C=O) groups is 4. The summed E-state index contributed by atoms with van der Waals surface area (Å²) in [6.07, 6.45) is 0.932. The summed E-state index contributed by atoms with van der Waals surface area (Å²) in [6.45, 7) is 9.59. The highest BCUT2D eigenvalue weighted by molar-refractivity contribution is 5.92. The summed E-state index contributed by atoms with van der Waals surface area (Å²) in [6, 6.07) is 0. The Bertz CT molecular complexity index is 803. The Labute approximate surface area is 168 Å². The van der Waals surface area contributed by atoms with Crippen molar-refractivity contribution in [3.63, 3.8) is 0 Å². The van der Waals surface area contributed by atoms with Crippen molar-refractivity contribution in [1.29, 1.82) is 0 Å². The van der Waals surface area contributed by atoms with E-state index in [4.69, 9.17) is 14.2 Å². The highest BCUT2D eigenvalue weighted by Gasteiger charge is 2.49. The number of fused-ring (bicyclic) bond motifs is 1. The van der Waals surface area contributed by atoms with Gasteiger partial charge in [0, 0.05) is 23.6 Å². The molecule has 8 nitrogen and oxygen atoms in total. The van der Waals surface area contributed by atoms with Gasteiger partial charge < -0.3 is 19.3 Å². The number of hydrogen-bond acceptors (Lipinski definition) is 8. The molecule has 2 aliphatic rings. The van der Waals surface area contributed by atoms with Crippen LogP contribution in [0.15, 0.2) is 47.6 Å². The molecule has 0 radical (unpaired) electrons. The molecule has 1 saturated heterocycles. The molecule has 0 aromatic rings. The van der Waals surface area contributed by atoms with Crippen molar-refractivity contribution in [2.75, 3.05) is 6.61 Å². The molecule has 8 heteroatoms. The Kier molecular flexibility index (Phi) is 7.28. The van der Waals surface area contributed by atoms with Gasteiger partial charge in [-0.3, -0.25) is 9.59 Å².